The first-order valence-electron chi connectivity index (χ1n) is 12.1. The molecule has 0 bridgehead atoms. The molecule has 3 aromatic carbocycles. The zero-order valence-corrected chi connectivity index (χ0v) is 22.3. The lowest BCUT2D eigenvalue weighted by Gasteiger charge is -2.16. The van der Waals surface area contributed by atoms with Gasteiger partial charge in [0.05, 0.1) is 11.0 Å². The Bertz CT molecular complexity index is 1450. The van der Waals surface area contributed by atoms with E-state index in [9.17, 15) is 14.4 Å². The Hall–Kier alpha value is -3.47. The Morgan fingerprint density at radius 1 is 0.800 bits per heavy atom. The summed E-state index contributed by atoms with van der Waals surface area (Å²) >= 11 is 0. The number of hydrogen-bond donors (Lipinski definition) is 0. The highest BCUT2D eigenvalue weighted by Gasteiger charge is 2.19. The third-order valence-electron chi connectivity index (χ3n) is 6.75. The van der Waals surface area contributed by atoms with Gasteiger partial charge in [-0.1, -0.05) is 58.0 Å². The largest absolute Gasteiger partial charge is 0.328 e. The van der Waals surface area contributed by atoms with Gasteiger partial charge in [-0.3, -0.25) is 18.7 Å². The first-order chi connectivity index (χ1) is 16.4. The van der Waals surface area contributed by atoms with Crippen molar-refractivity contribution in [2.75, 3.05) is 0 Å². The SMILES string of the molecule is CC(=O)c1ccc(C(C)C)c2cccc(C(=O)C(C)C)c12.Cc1cc2c(cc1C)n(C)c(=O)n2C. The van der Waals surface area contributed by atoms with Gasteiger partial charge >= 0.3 is 5.69 Å². The molecular weight excluding hydrogens is 436 g/mol. The number of Topliss-reactive ketones (excluding diaryl/α,β-unsaturated/α-hetero) is 2. The van der Waals surface area contributed by atoms with E-state index in [1.807, 2.05) is 44.2 Å². The zero-order valence-electron chi connectivity index (χ0n) is 22.3. The minimum atomic E-state index is -0.0851. The number of rotatable bonds is 4. The molecular formula is C30H36N2O3. The van der Waals surface area contributed by atoms with E-state index in [2.05, 4.69) is 39.8 Å². The molecule has 0 saturated carbocycles. The molecule has 5 heteroatoms. The lowest BCUT2D eigenvalue weighted by Crippen LogP contribution is -2.19. The average molecular weight is 473 g/mol. The summed E-state index contributed by atoms with van der Waals surface area (Å²) in [5.41, 5.74) is 6.95. The summed E-state index contributed by atoms with van der Waals surface area (Å²) in [6.45, 7) is 13.7. The van der Waals surface area contributed by atoms with Crippen LogP contribution in [0.4, 0.5) is 0 Å². The molecule has 0 N–H and O–H groups in total. The maximum absolute atomic E-state index is 12.5. The van der Waals surface area contributed by atoms with Crippen molar-refractivity contribution in [3.63, 3.8) is 0 Å². The van der Waals surface area contributed by atoms with Crippen molar-refractivity contribution in [1.29, 1.82) is 0 Å². The summed E-state index contributed by atoms with van der Waals surface area (Å²) in [5.74, 6) is 0.347. The highest BCUT2D eigenvalue weighted by Crippen LogP contribution is 2.32. The van der Waals surface area contributed by atoms with Gasteiger partial charge in [-0.15, -0.1) is 0 Å². The Labute approximate surface area is 207 Å². The van der Waals surface area contributed by atoms with Crippen LogP contribution in [0.3, 0.4) is 0 Å². The summed E-state index contributed by atoms with van der Waals surface area (Å²) < 4.78 is 3.36. The second kappa shape index (κ2) is 10.0. The first-order valence-corrected chi connectivity index (χ1v) is 12.1. The molecule has 0 spiro atoms. The van der Waals surface area contributed by atoms with Crippen molar-refractivity contribution in [3.05, 3.63) is 80.8 Å². The fourth-order valence-electron chi connectivity index (χ4n) is 4.50. The standard InChI is InChI=1S/C19H22O2.C11H14N2O/c1-11(2)14-9-10-15(13(5)20)18-16(14)7-6-8-17(18)19(21)12(3)4;1-7-5-9-10(6-8(7)2)13(4)11(14)12(9)3/h6-12H,1-5H3;5-6H,1-4H3. The molecule has 0 radical (unpaired) electrons. The van der Waals surface area contributed by atoms with E-state index in [0.717, 1.165) is 21.8 Å². The molecule has 0 aliphatic carbocycles. The van der Waals surface area contributed by atoms with E-state index in [-0.39, 0.29) is 23.2 Å². The Morgan fingerprint density at radius 2 is 1.34 bits per heavy atom. The molecule has 0 fully saturated rings. The summed E-state index contributed by atoms with van der Waals surface area (Å²) in [5, 5.41) is 1.83. The molecule has 4 rings (SSSR count). The quantitative estimate of drug-likeness (QED) is 0.319. The fourth-order valence-corrected chi connectivity index (χ4v) is 4.50. The number of carbonyl (C=O) groups is 2. The molecule has 1 heterocycles. The number of aromatic nitrogens is 2. The predicted molar refractivity (Wildman–Crippen MR) is 145 cm³/mol. The van der Waals surface area contributed by atoms with Crippen molar-refractivity contribution in [3.8, 4) is 0 Å². The van der Waals surface area contributed by atoms with Gasteiger partial charge in [0.15, 0.2) is 11.6 Å². The third-order valence-corrected chi connectivity index (χ3v) is 6.75. The third kappa shape index (κ3) is 4.86. The van der Waals surface area contributed by atoms with E-state index >= 15 is 0 Å². The number of ketones is 2. The summed E-state index contributed by atoms with van der Waals surface area (Å²) in [4.78, 5) is 36.1. The van der Waals surface area contributed by atoms with E-state index in [4.69, 9.17) is 0 Å². The van der Waals surface area contributed by atoms with Crippen molar-refractivity contribution in [1.82, 2.24) is 9.13 Å². The van der Waals surface area contributed by atoms with E-state index in [1.165, 1.54) is 16.7 Å². The van der Waals surface area contributed by atoms with Crippen LogP contribution < -0.4 is 5.69 Å². The monoisotopic (exact) mass is 472 g/mol. The maximum atomic E-state index is 12.5. The van der Waals surface area contributed by atoms with E-state index in [0.29, 0.717) is 17.0 Å². The normalized spacial score (nSPS) is 11.3. The number of nitrogens with zero attached hydrogens (tertiary/aromatic N) is 2. The van der Waals surface area contributed by atoms with Gasteiger partial charge in [0.25, 0.3) is 0 Å². The Kier molecular flexibility index (Phi) is 7.49. The smallest absolute Gasteiger partial charge is 0.295 e. The van der Waals surface area contributed by atoms with Crippen molar-refractivity contribution < 1.29 is 9.59 Å². The Balaban J connectivity index is 0.000000211. The number of carbonyl (C=O) groups excluding carboxylic acids is 2. The summed E-state index contributed by atoms with van der Waals surface area (Å²) in [6, 6.07) is 13.7. The van der Waals surface area contributed by atoms with Crippen LogP contribution in [0.15, 0.2) is 47.3 Å². The van der Waals surface area contributed by atoms with Crippen LogP contribution in [0, 0.1) is 19.8 Å². The fraction of sp³-hybridized carbons (Fsp3) is 0.367. The van der Waals surface area contributed by atoms with E-state index < -0.39 is 0 Å². The maximum Gasteiger partial charge on any atom is 0.328 e. The topological polar surface area (TPSA) is 61.1 Å². The van der Waals surface area contributed by atoms with Crippen LogP contribution in [0.1, 0.15) is 77.9 Å². The number of hydrogen-bond acceptors (Lipinski definition) is 3. The van der Waals surface area contributed by atoms with Gasteiger partial charge in [-0.2, -0.15) is 0 Å². The molecule has 0 aliphatic rings. The van der Waals surface area contributed by atoms with Crippen LogP contribution in [-0.4, -0.2) is 20.7 Å². The second-order valence-corrected chi connectivity index (χ2v) is 9.99. The van der Waals surface area contributed by atoms with Gasteiger partial charge in [0.1, 0.15) is 0 Å². The highest BCUT2D eigenvalue weighted by molar-refractivity contribution is 6.17. The highest BCUT2D eigenvalue weighted by atomic mass is 16.1. The van der Waals surface area contributed by atoms with Crippen LogP contribution in [0.5, 0.6) is 0 Å². The molecule has 0 atom stereocenters. The minimum absolute atomic E-state index is 0.000637. The van der Waals surface area contributed by atoms with Crippen molar-refractivity contribution in [2.45, 2.75) is 54.4 Å². The van der Waals surface area contributed by atoms with Gasteiger partial charge in [0.2, 0.25) is 0 Å². The predicted octanol–water partition coefficient (Wildman–Crippen LogP) is 6.50. The molecule has 35 heavy (non-hydrogen) atoms. The minimum Gasteiger partial charge on any atom is -0.295 e. The molecule has 0 saturated heterocycles. The van der Waals surface area contributed by atoms with Crippen molar-refractivity contribution >= 4 is 33.4 Å². The average Bonchev–Trinajstić information content (AvgIpc) is 3.01. The van der Waals surface area contributed by atoms with Gasteiger partial charge in [0, 0.05) is 36.5 Å². The van der Waals surface area contributed by atoms with Crippen molar-refractivity contribution in [2.24, 2.45) is 20.0 Å². The van der Waals surface area contributed by atoms with Gasteiger partial charge in [-0.25, -0.2) is 4.79 Å². The molecule has 1 aromatic heterocycles. The lowest BCUT2D eigenvalue weighted by atomic mass is 9.87. The zero-order chi connectivity index (χ0) is 26.2. The molecule has 4 aromatic rings. The number of fused-ring (bicyclic) bond motifs is 2. The summed E-state index contributed by atoms with van der Waals surface area (Å²) in [6.07, 6.45) is 0. The lowest BCUT2D eigenvalue weighted by molar-refractivity contribution is 0.0941. The van der Waals surface area contributed by atoms with Crippen LogP contribution >= 0.6 is 0 Å². The molecule has 0 unspecified atom stereocenters. The number of benzene rings is 3. The molecule has 0 aliphatic heterocycles. The van der Waals surface area contributed by atoms with Crippen LogP contribution in [0.25, 0.3) is 21.8 Å². The van der Waals surface area contributed by atoms with Crippen LogP contribution in [-0.2, 0) is 14.1 Å². The van der Waals surface area contributed by atoms with Gasteiger partial charge in [-0.05, 0) is 60.9 Å². The summed E-state index contributed by atoms with van der Waals surface area (Å²) in [7, 11) is 3.61. The van der Waals surface area contributed by atoms with Gasteiger partial charge < -0.3 is 0 Å². The molecule has 0 amide bonds. The first kappa shape index (κ1) is 26.1. The van der Waals surface area contributed by atoms with Crippen LogP contribution in [0.2, 0.25) is 0 Å². The number of imidazole rings is 1. The number of aryl methyl sites for hydroxylation is 4. The molecule has 5 nitrogen and oxygen atoms in total. The molecule has 184 valence electrons. The van der Waals surface area contributed by atoms with E-state index in [1.54, 1.807) is 30.2 Å². The Morgan fingerprint density at radius 3 is 1.80 bits per heavy atom. The second-order valence-electron chi connectivity index (χ2n) is 9.99.